The third-order valence-electron chi connectivity index (χ3n) is 2.93. The maximum absolute atomic E-state index is 5.60. The van der Waals surface area contributed by atoms with Gasteiger partial charge in [-0.1, -0.05) is 6.92 Å². The molecular weight excluding hydrogens is 200 g/mol. The lowest BCUT2D eigenvalue weighted by Crippen LogP contribution is -2.30. The average Bonchev–Trinajstić information content (AvgIpc) is 2.31. The van der Waals surface area contributed by atoms with Crippen molar-refractivity contribution in [3.63, 3.8) is 0 Å². The molecule has 0 aromatic heterocycles. The van der Waals surface area contributed by atoms with Crippen LogP contribution in [0.3, 0.4) is 0 Å². The Morgan fingerprint density at radius 3 is 1.81 bits per heavy atom. The molecule has 0 spiro atoms. The Morgan fingerprint density at radius 1 is 0.875 bits per heavy atom. The lowest BCUT2D eigenvalue weighted by atomic mass is 10.1. The van der Waals surface area contributed by atoms with Gasteiger partial charge < -0.3 is 22.1 Å². The van der Waals surface area contributed by atoms with Crippen molar-refractivity contribution >= 4 is 0 Å². The number of hydrogen-bond acceptors (Lipinski definition) is 4. The van der Waals surface area contributed by atoms with Gasteiger partial charge in [0.2, 0.25) is 0 Å². The molecule has 1 unspecified atom stereocenters. The van der Waals surface area contributed by atoms with Crippen LogP contribution in [0, 0.1) is 5.92 Å². The zero-order valence-corrected chi connectivity index (χ0v) is 10.8. The molecule has 4 nitrogen and oxygen atoms in total. The summed E-state index contributed by atoms with van der Waals surface area (Å²) in [6.45, 7) is 7.93. The van der Waals surface area contributed by atoms with E-state index in [0.717, 1.165) is 52.1 Å². The van der Waals surface area contributed by atoms with E-state index in [1.165, 1.54) is 12.8 Å². The summed E-state index contributed by atoms with van der Waals surface area (Å²) >= 11 is 0. The lowest BCUT2D eigenvalue weighted by Gasteiger charge is -2.22. The molecule has 0 aliphatic rings. The highest BCUT2D eigenvalue weighted by molar-refractivity contribution is 4.61. The minimum Gasteiger partial charge on any atom is -0.330 e. The first-order valence-corrected chi connectivity index (χ1v) is 6.57. The van der Waals surface area contributed by atoms with Crippen LogP contribution in [0.25, 0.3) is 0 Å². The van der Waals surface area contributed by atoms with Gasteiger partial charge in [0.15, 0.2) is 0 Å². The molecule has 0 fully saturated rings. The van der Waals surface area contributed by atoms with E-state index in [-0.39, 0.29) is 0 Å². The monoisotopic (exact) mass is 230 g/mol. The van der Waals surface area contributed by atoms with Crippen LogP contribution in [0.5, 0.6) is 0 Å². The lowest BCUT2D eigenvalue weighted by molar-refractivity contribution is 0.259. The summed E-state index contributed by atoms with van der Waals surface area (Å²) in [6.07, 6.45) is 4.61. The molecule has 98 valence electrons. The van der Waals surface area contributed by atoms with Crippen molar-refractivity contribution in [1.82, 2.24) is 4.90 Å². The second kappa shape index (κ2) is 11.3. The van der Waals surface area contributed by atoms with Gasteiger partial charge in [-0.3, -0.25) is 0 Å². The Labute approximate surface area is 101 Å². The summed E-state index contributed by atoms with van der Waals surface area (Å²) in [5.74, 6) is 0.644. The fraction of sp³-hybridized carbons (Fsp3) is 1.00. The Morgan fingerprint density at radius 2 is 1.38 bits per heavy atom. The minimum absolute atomic E-state index is 0.644. The first-order chi connectivity index (χ1) is 7.74. The zero-order chi connectivity index (χ0) is 12.2. The summed E-state index contributed by atoms with van der Waals surface area (Å²) in [4.78, 5) is 2.48. The highest BCUT2D eigenvalue weighted by Crippen LogP contribution is 2.05. The second-order valence-electron chi connectivity index (χ2n) is 4.61. The van der Waals surface area contributed by atoms with E-state index in [1.54, 1.807) is 0 Å². The molecule has 0 heterocycles. The molecule has 0 saturated carbocycles. The summed E-state index contributed by atoms with van der Waals surface area (Å²) in [5.41, 5.74) is 16.7. The van der Waals surface area contributed by atoms with Crippen LogP contribution >= 0.6 is 0 Å². The Bertz CT molecular complexity index is 133. The third-order valence-corrected chi connectivity index (χ3v) is 2.93. The standard InChI is InChI=1S/C12H30N4/c1-12(11-15)5-2-8-16(9-3-6-13)10-4-7-14/h12H,2-11,13-15H2,1H3. The van der Waals surface area contributed by atoms with Crippen molar-refractivity contribution in [2.24, 2.45) is 23.1 Å². The topological polar surface area (TPSA) is 81.3 Å². The summed E-state index contributed by atoms with van der Waals surface area (Å²) in [5, 5.41) is 0. The minimum atomic E-state index is 0.644. The van der Waals surface area contributed by atoms with Crippen LogP contribution in [0.4, 0.5) is 0 Å². The van der Waals surface area contributed by atoms with Gasteiger partial charge in [-0.05, 0) is 70.9 Å². The smallest absolute Gasteiger partial charge is 0.000671 e. The maximum Gasteiger partial charge on any atom is -0.000671 e. The molecule has 0 aromatic rings. The quantitative estimate of drug-likeness (QED) is 0.479. The van der Waals surface area contributed by atoms with Crippen LogP contribution in [0.2, 0.25) is 0 Å². The van der Waals surface area contributed by atoms with E-state index in [2.05, 4.69) is 11.8 Å². The van der Waals surface area contributed by atoms with E-state index >= 15 is 0 Å². The molecule has 0 aromatic carbocycles. The molecule has 1 atom stereocenters. The summed E-state index contributed by atoms with van der Waals surface area (Å²) < 4.78 is 0. The van der Waals surface area contributed by atoms with Gasteiger partial charge in [-0.15, -0.1) is 0 Å². The molecule has 0 amide bonds. The van der Waals surface area contributed by atoms with E-state index in [1.807, 2.05) is 0 Å². The van der Waals surface area contributed by atoms with Crippen molar-refractivity contribution < 1.29 is 0 Å². The van der Waals surface area contributed by atoms with Gasteiger partial charge in [0, 0.05) is 0 Å². The van der Waals surface area contributed by atoms with Gasteiger partial charge in [0.1, 0.15) is 0 Å². The van der Waals surface area contributed by atoms with Crippen LogP contribution in [-0.4, -0.2) is 44.2 Å². The van der Waals surface area contributed by atoms with Crippen LogP contribution in [0.1, 0.15) is 32.6 Å². The largest absolute Gasteiger partial charge is 0.330 e. The predicted octanol–water partition coefficient (Wildman–Crippen LogP) is 0.361. The summed E-state index contributed by atoms with van der Waals surface area (Å²) in [6, 6.07) is 0. The normalized spacial score (nSPS) is 13.3. The molecule has 6 N–H and O–H groups in total. The van der Waals surface area contributed by atoms with Crippen LogP contribution in [0.15, 0.2) is 0 Å². The maximum atomic E-state index is 5.60. The molecule has 0 rings (SSSR count). The van der Waals surface area contributed by atoms with E-state index < -0.39 is 0 Å². The third kappa shape index (κ3) is 9.09. The van der Waals surface area contributed by atoms with Crippen LogP contribution in [-0.2, 0) is 0 Å². The van der Waals surface area contributed by atoms with Crippen molar-refractivity contribution in [1.29, 1.82) is 0 Å². The van der Waals surface area contributed by atoms with Crippen molar-refractivity contribution in [2.45, 2.75) is 32.6 Å². The second-order valence-corrected chi connectivity index (χ2v) is 4.61. The highest BCUT2D eigenvalue weighted by atomic mass is 15.1. The van der Waals surface area contributed by atoms with Gasteiger partial charge in [-0.25, -0.2) is 0 Å². The van der Waals surface area contributed by atoms with Gasteiger partial charge >= 0.3 is 0 Å². The fourth-order valence-electron chi connectivity index (χ4n) is 1.75. The number of hydrogen-bond donors (Lipinski definition) is 3. The molecule has 16 heavy (non-hydrogen) atoms. The van der Waals surface area contributed by atoms with E-state index in [0.29, 0.717) is 5.92 Å². The fourth-order valence-corrected chi connectivity index (χ4v) is 1.75. The average molecular weight is 230 g/mol. The SMILES string of the molecule is CC(CN)CCCN(CCCN)CCCN. The zero-order valence-electron chi connectivity index (χ0n) is 10.8. The number of nitrogens with two attached hydrogens (primary N) is 3. The highest BCUT2D eigenvalue weighted by Gasteiger charge is 2.05. The summed E-state index contributed by atoms with van der Waals surface area (Å²) in [7, 11) is 0. The molecule has 0 saturated heterocycles. The Hall–Kier alpha value is -0.160. The molecule has 0 aliphatic heterocycles. The van der Waals surface area contributed by atoms with Gasteiger partial charge in [0.25, 0.3) is 0 Å². The van der Waals surface area contributed by atoms with Crippen molar-refractivity contribution in [3.05, 3.63) is 0 Å². The Kier molecular flexibility index (Phi) is 11.2. The van der Waals surface area contributed by atoms with Crippen LogP contribution < -0.4 is 17.2 Å². The van der Waals surface area contributed by atoms with Crippen molar-refractivity contribution in [3.8, 4) is 0 Å². The van der Waals surface area contributed by atoms with Crippen molar-refractivity contribution in [2.75, 3.05) is 39.3 Å². The number of nitrogens with zero attached hydrogens (tertiary/aromatic N) is 1. The first-order valence-electron chi connectivity index (χ1n) is 6.57. The van der Waals surface area contributed by atoms with Gasteiger partial charge in [-0.2, -0.15) is 0 Å². The molecule has 4 heteroatoms. The first kappa shape index (κ1) is 15.8. The number of rotatable bonds is 11. The molecule has 0 radical (unpaired) electrons. The molecular formula is C12H30N4. The Balaban J connectivity index is 3.63. The van der Waals surface area contributed by atoms with E-state index in [4.69, 9.17) is 17.2 Å². The molecule has 0 aliphatic carbocycles. The predicted molar refractivity (Wildman–Crippen MR) is 71.2 cm³/mol. The van der Waals surface area contributed by atoms with E-state index in [9.17, 15) is 0 Å². The molecule has 0 bridgehead atoms. The van der Waals surface area contributed by atoms with Gasteiger partial charge in [0.05, 0.1) is 0 Å².